The van der Waals surface area contributed by atoms with Crippen LogP contribution in [-0.4, -0.2) is 54.8 Å². The van der Waals surface area contributed by atoms with Crippen molar-refractivity contribution in [2.45, 2.75) is 18.4 Å². The Morgan fingerprint density at radius 2 is 1.92 bits per heavy atom. The highest BCUT2D eigenvalue weighted by Crippen LogP contribution is 2.32. The first-order chi connectivity index (χ1) is 11.4. The molecule has 1 aromatic rings. The molecule has 0 aliphatic carbocycles. The summed E-state index contributed by atoms with van der Waals surface area (Å²) in [6, 6.07) is 4.51. The van der Waals surface area contributed by atoms with Crippen LogP contribution in [0.4, 0.5) is 18.9 Å². The molecule has 3 rings (SSSR count). The molecule has 2 unspecified atom stereocenters. The third-order valence-corrected chi connectivity index (χ3v) is 4.44. The van der Waals surface area contributed by atoms with Gasteiger partial charge < -0.3 is 4.90 Å². The van der Waals surface area contributed by atoms with E-state index in [-0.39, 0.29) is 11.5 Å². The highest BCUT2D eigenvalue weighted by Gasteiger charge is 2.41. The van der Waals surface area contributed by atoms with Crippen molar-refractivity contribution in [1.82, 2.24) is 15.8 Å². The van der Waals surface area contributed by atoms with Crippen LogP contribution in [0.25, 0.3) is 0 Å². The molecule has 0 saturated carbocycles. The maximum atomic E-state index is 12.8. The zero-order valence-corrected chi connectivity index (χ0v) is 12.8. The van der Waals surface area contributed by atoms with E-state index in [2.05, 4.69) is 10.9 Å². The first-order valence-electron chi connectivity index (χ1n) is 7.64. The number of alkyl halides is 3. The molecule has 10 heteroatoms. The number of hydrazine groups is 1. The van der Waals surface area contributed by atoms with Crippen LogP contribution < -0.4 is 15.8 Å². The van der Waals surface area contributed by atoms with Crippen LogP contribution in [0.2, 0.25) is 0 Å². The van der Waals surface area contributed by atoms with Gasteiger partial charge in [0.15, 0.2) is 0 Å². The number of anilines is 1. The van der Waals surface area contributed by atoms with Crippen molar-refractivity contribution in [3.8, 4) is 0 Å². The fourth-order valence-corrected chi connectivity index (χ4v) is 3.14. The van der Waals surface area contributed by atoms with Gasteiger partial charge in [0.1, 0.15) is 6.17 Å². The van der Waals surface area contributed by atoms with Gasteiger partial charge in [-0.15, -0.1) is 0 Å². The molecule has 132 valence electrons. The lowest BCUT2D eigenvalue weighted by molar-refractivity contribution is -0.524. The predicted octanol–water partition coefficient (Wildman–Crippen LogP) is 0.907. The zero-order valence-electron chi connectivity index (χ0n) is 12.8. The van der Waals surface area contributed by atoms with E-state index in [0.29, 0.717) is 31.9 Å². The number of halogens is 3. The second-order valence-electron chi connectivity index (χ2n) is 5.89. The lowest BCUT2D eigenvalue weighted by Crippen LogP contribution is -2.58. The van der Waals surface area contributed by atoms with E-state index in [9.17, 15) is 23.3 Å². The first-order valence-corrected chi connectivity index (χ1v) is 7.64. The summed E-state index contributed by atoms with van der Waals surface area (Å²) in [5.41, 5.74) is 5.56. The zero-order chi connectivity index (χ0) is 17.3. The van der Waals surface area contributed by atoms with Gasteiger partial charge in [0, 0.05) is 36.8 Å². The SMILES string of the molecule is O=[N+]([O-])C1CNNC1N1CCN(c2cccc(C(F)(F)F)c2)CC1. The normalized spacial score (nSPS) is 25.9. The Bertz CT molecular complexity index is 604. The van der Waals surface area contributed by atoms with Gasteiger partial charge in [-0.1, -0.05) is 6.07 Å². The summed E-state index contributed by atoms with van der Waals surface area (Å²) in [4.78, 5) is 14.6. The molecule has 2 aliphatic rings. The molecule has 2 N–H and O–H groups in total. The van der Waals surface area contributed by atoms with Gasteiger partial charge in [-0.3, -0.25) is 15.0 Å². The minimum atomic E-state index is -4.36. The fraction of sp³-hybridized carbons (Fsp3) is 0.571. The first kappa shape index (κ1) is 16.9. The van der Waals surface area contributed by atoms with Gasteiger partial charge >= 0.3 is 6.18 Å². The van der Waals surface area contributed by atoms with E-state index in [4.69, 9.17) is 0 Å². The molecule has 2 heterocycles. The second kappa shape index (κ2) is 6.54. The van der Waals surface area contributed by atoms with Gasteiger partial charge in [0.25, 0.3) is 6.04 Å². The molecule has 2 atom stereocenters. The molecular weight excluding hydrogens is 327 g/mol. The van der Waals surface area contributed by atoms with Crippen LogP contribution in [0.1, 0.15) is 5.56 Å². The number of piperazine rings is 1. The smallest absolute Gasteiger partial charge is 0.369 e. The number of hydrogen-bond donors (Lipinski definition) is 2. The number of benzene rings is 1. The third kappa shape index (κ3) is 3.45. The largest absolute Gasteiger partial charge is 0.416 e. The minimum Gasteiger partial charge on any atom is -0.369 e. The number of nitrogens with one attached hydrogen (secondary N) is 2. The average Bonchev–Trinajstić information content (AvgIpc) is 3.04. The van der Waals surface area contributed by atoms with Crippen molar-refractivity contribution >= 4 is 5.69 Å². The van der Waals surface area contributed by atoms with E-state index in [0.717, 1.165) is 12.1 Å². The maximum absolute atomic E-state index is 12.8. The van der Waals surface area contributed by atoms with Crippen LogP contribution in [0, 0.1) is 10.1 Å². The van der Waals surface area contributed by atoms with Crippen molar-refractivity contribution < 1.29 is 18.1 Å². The Kier molecular flexibility index (Phi) is 4.61. The Morgan fingerprint density at radius 1 is 1.21 bits per heavy atom. The minimum absolute atomic E-state index is 0.255. The van der Waals surface area contributed by atoms with E-state index in [1.54, 1.807) is 6.07 Å². The molecular formula is C14H18F3N5O2. The van der Waals surface area contributed by atoms with Gasteiger partial charge in [-0.25, -0.2) is 10.9 Å². The summed E-state index contributed by atoms with van der Waals surface area (Å²) in [5, 5.41) is 11.1. The van der Waals surface area contributed by atoms with E-state index >= 15 is 0 Å². The van der Waals surface area contributed by atoms with Crippen molar-refractivity contribution in [1.29, 1.82) is 0 Å². The van der Waals surface area contributed by atoms with Crippen molar-refractivity contribution in [3.63, 3.8) is 0 Å². The molecule has 2 saturated heterocycles. The fourth-order valence-electron chi connectivity index (χ4n) is 3.14. The summed E-state index contributed by atoms with van der Waals surface area (Å²) in [7, 11) is 0. The highest BCUT2D eigenvalue weighted by atomic mass is 19.4. The topological polar surface area (TPSA) is 73.7 Å². The molecule has 0 amide bonds. The van der Waals surface area contributed by atoms with Crippen molar-refractivity contribution in [3.05, 3.63) is 39.9 Å². The monoisotopic (exact) mass is 345 g/mol. The molecule has 2 aliphatic heterocycles. The quantitative estimate of drug-likeness (QED) is 0.627. The van der Waals surface area contributed by atoms with Gasteiger partial charge in [-0.05, 0) is 18.2 Å². The van der Waals surface area contributed by atoms with Crippen LogP contribution >= 0.6 is 0 Å². The summed E-state index contributed by atoms with van der Waals surface area (Å²) in [5.74, 6) is 0. The molecule has 7 nitrogen and oxygen atoms in total. The Balaban J connectivity index is 1.64. The standard InChI is InChI=1S/C14H18F3N5O2/c15-14(16,17)10-2-1-3-11(8-10)20-4-6-21(7-5-20)13-12(22(23)24)9-18-19-13/h1-3,8,12-13,18-19H,4-7,9H2. The van der Waals surface area contributed by atoms with Gasteiger partial charge in [0.2, 0.25) is 0 Å². The highest BCUT2D eigenvalue weighted by molar-refractivity contribution is 5.49. The Hall–Kier alpha value is -1.91. The van der Waals surface area contributed by atoms with Gasteiger partial charge in [0.05, 0.1) is 12.1 Å². The molecule has 2 fully saturated rings. The number of nitro groups is 1. The summed E-state index contributed by atoms with van der Waals surface area (Å²) in [6.45, 7) is 2.37. The molecule has 0 aromatic heterocycles. The van der Waals surface area contributed by atoms with Crippen LogP contribution in [0.3, 0.4) is 0 Å². The second-order valence-corrected chi connectivity index (χ2v) is 5.89. The van der Waals surface area contributed by atoms with E-state index < -0.39 is 23.9 Å². The van der Waals surface area contributed by atoms with Crippen molar-refractivity contribution in [2.75, 3.05) is 37.6 Å². The predicted molar refractivity (Wildman–Crippen MR) is 80.9 cm³/mol. The number of nitrogens with zero attached hydrogens (tertiary/aromatic N) is 3. The van der Waals surface area contributed by atoms with Crippen LogP contribution in [-0.2, 0) is 6.18 Å². The van der Waals surface area contributed by atoms with Crippen LogP contribution in [0.5, 0.6) is 0 Å². The number of hydrogen-bond acceptors (Lipinski definition) is 6. The third-order valence-electron chi connectivity index (χ3n) is 4.44. The van der Waals surface area contributed by atoms with Crippen molar-refractivity contribution in [2.24, 2.45) is 0 Å². The van der Waals surface area contributed by atoms with Crippen LogP contribution in [0.15, 0.2) is 24.3 Å². The molecule has 0 spiro atoms. The lowest BCUT2D eigenvalue weighted by Gasteiger charge is -2.38. The summed E-state index contributed by atoms with van der Waals surface area (Å²) >= 11 is 0. The summed E-state index contributed by atoms with van der Waals surface area (Å²) in [6.07, 6.45) is -4.76. The molecule has 1 aromatic carbocycles. The van der Waals surface area contributed by atoms with E-state index in [1.165, 1.54) is 6.07 Å². The average molecular weight is 345 g/mol. The maximum Gasteiger partial charge on any atom is 0.416 e. The summed E-state index contributed by atoms with van der Waals surface area (Å²) < 4.78 is 38.4. The molecule has 0 bridgehead atoms. The van der Waals surface area contributed by atoms with E-state index in [1.807, 2.05) is 9.80 Å². The molecule has 24 heavy (non-hydrogen) atoms. The molecule has 0 radical (unpaired) electrons. The Morgan fingerprint density at radius 3 is 2.54 bits per heavy atom. The number of rotatable bonds is 3. The lowest BCUT2D eigenvalue weighted by atomic mass is 10.1. The van der Waals surface area contributed by atoms with Gasteiger partial charge in [-0.2, -0.15) is 13.2 Å². The Labute approximate surface area is 136 Å².